The van der Waals surface area contributed by atoms with E-state index >= 15 is 0 Å². The van der Waals surface area contributed by atoms with Gasteiger partial charge in [-0.25, -0.2) is 0 Å². The summed E-state index contributed by atoms with van der Waals surface area (Å²) < 4.78 is 34.9. The van der Waals surface area contributed by atoms with Gasteiger partial charge in [0.15, 0.2) is 0 Å². The molecule has 1 N–H and O–H groups in total. The van der Waals surface area contributed by atoms with Crippen LogP contribution in [0, 0.1) is 0 Å². The summed E-state index contributed by atoms with van der Waals surface area (Å²) in [5, 5.41) is 0. The Hall–Kier alpha value is -3.21. The topological polar surface area (TPSA) is 54.4 Å². The van der Waals surface area contributed by atoms with Gasteiger partial charge in [0.05, 0.1) is 4.90 Å². The molecular weight excluding hydrogens is 416 g/mol. The van der Waals surface area contributed by atoms with Crippen molar-refractivity contribution in [3.05, 3.63) is 138 Å². The average Bonchev–Trinajstić information content (AvgIpc) is 2.80. The van der Waals surface area contributed by atoms with Crippen LogP contribution in [0.15, 0.2) is 120 Å². The van der Waals surface area contributed by atoms with Crippen LogP contribution in [0.4, 0.5) is 0 Å². The quantitative estimate of drug-likeness (QED) is 0.346. The molecule has 4 aromatic carbocycles. The summed E-state index contributed by atoms with van der Waals surface area (Å²) in [4.78, 5) is -0.0252. The molecule has 0 aromatic heterocycles. The van der Waals surface area contributed by atoms with Crippen molar-refractivity contribution in [1.82, 2.24) is 0 Å². The summed E-state index contributed by atoms with van der Waals surface area (Å²) in [5.41, 5.74) is 3.40. The SMILES string of the molecule is O=S(=O)(O)c1ccccc1C(Cc1ccccc1)(Cc1ccccc1)Cc1ccccc1. The lowest BCUT2D eigenvalue weighted by molar-refractivity contribution is 0.402. The molecule has 4 aromatic rings. The van der Waals surface area contributed by atoms with E-state index in [2.05, 4.69) is 36.4 Å². The Morgan fingerprint density at radius 2 is 0.875 bits per heavy atom. The zero-order valence-electron chi connectivity index (χ0n) is 17.8. The average molecular weight is 443 g/mol. The van der Waals surface area contributed by atoms with Gasteiger partial charge in [-0.3, -0.25) is 4.55 Å². The number of hydrogen-bond donors (Lipinski definition) is 1. The second-order valence-corrected chi connectivity index (χ2v) is 9.63. The first-order valence-corrected chi connectivity index (χ1v) is 12.1. The highest BCUT2D eigenvalue weighted by Gasteiger charge is 2.37. The van der Waals surface area contributed by atoms with Gasteiger partial charge in [0.1, 0.15) is 0 Å². The van der Waals surface area contributed by atoms with E-state index in [9.17, 15) is 13.0 Å². The summed E-state index contributed by atoms with van der Waals surface area (Å²) in [6.07, 6.45) is 1.89. The van der Waals surface area contributed by atoms with Gasteiger partial charge in [-0.1, -0.05) is 109 Å². The Morgan fingerprint density at radius 1 is 0.531 bits per heavy atom. The Balaban J connectivity index is 1.96. The third-order valence-corrected chi connectivity index (χ3v) is 6.80. The van der Waals surface area contributed by atoms with Crippen molar-refractivity contribution in [3.63, 3.8) is 0 Å². The minimum absolute atomic E-state index is 0.0252. The van der Waals surface area contributed by atoms with E-state index < -0.39 is 15.5 Å². The first-order chi connectivity index (χ1) is 15.5. The van der Waals surface area contributed by atoms with Crippen molar-refractivity contribution in [2.45, 2.75) is 29.6 Å². The first-order valence-electron chi connectivity index (χ1n) is 10.7. The lowest BCUT2D eigenvalue weighted by Crippen LogP contribution is -2.36. The molecule has 0 heterocycles. The fourth-order valence-electron chi connectivity index (χ4n) is 4.56. The third-order valence-electron chi connectivity index (χ3n) is 5.89. The molecule has 0 atom stereocenters. The summed E-state index contributed by atoms with van der Waals surface area (Å²) in [6.45, 7) is 0. The Labute approximate surface area is 190 Å². The molecule has 0 saturated heterocycles. The monoisotopic (exact) mass is 442 g/mol. The standard InChI is InChI=1S/C28H26O3S/c29-32(30,31)27-19-11-10-18-26(27)28(20-23-12-4-1-5-13-23,21-24-14-6-2-7-15-24)22-25-16-8-3-9-17-25/h1-19H,20-22H2,(H,29,30,31). The highest BCUT2D eigenvalue weighted by molar-refractivity contribution is 7.85. The lowest BCUT2D eigenvalue weighted by Gasteiger charge is -2.36. The molecule has 4 rings (SSSR count). The molecule has 0 saturated carbocycles. The van der Waals surface area contributed by atoms with Crippen molar-refractivity contribution in [3.8, 4) is 0 Å². The minimum Gasteiger partial charge on any atom is -0.282 e. The predicted octanol–water partition coefficient (Wildman–Crippen LogP) is 5.90. The van der Waals surface area contributed by atoms with Gasteiger partial charge in [0, 0.05) is 5.41 Å². The number of benzene rings is 4. The molecule has 0 aliphatic rings. The molecule has 32 heavy (non-hydrogen) atoms. The van der Waals surface area contributed by atoms with Crippen LogP contribution in [-0.4, -0.2) is 13.0 Å². The number of hydrogen-bond acceptors (Lipinski definition) is 2. The normalized spacial score (nSPS) is 11.9. The van der Waals surface area contributed by atoms with E-state index in [1.807, 2.05) is 66.7 Å². The van der Waals surface area contributed by atoms with E-state index in [1.165, 1.54) is 6.07 Å². The van der Waals surface area contributed by atoms with E-state index in [0.717, 1.165) is 16.7 Å². The Kier molecular flexibility index (Phi) is 6.54. The van der Waals surface area contributed by atoms with Crippen LogP contribution in [-0.2, 0) is 34.8 Å². The van der Waals surface area contributed by atoms with E-state index in [0.29, 0.717) is 24.8 Å². The highest BCUT2D eigenvalue weighted by atomic mass is 32.2. The summed E-state index contributed by atoms with van der Waals surface area (Å²) in [6, 6.07) is 37.2. The molecule has 0 aliphatic carbocycles. The summed E-state index contributed by atoms with van der Waals surface area (Å²) in [7, 11) is -4.39. The van der Waals surface area contributed by atoms with Gasteiger partial charge in [-0.2, -0.15) is 8.42 Å². The Morgan fingerprint density at radius 3 is 1.25 bits per heavy atom. The van der Waals surface area contributed by atoms with Crippen LogP contribution in [0.5, 0.6) is 0 Å². The molecule has 0 spiro atoms. The Bertz CT molecular complexity index is 1150. The summed E-state index contributed by atoms with van der Waals surface area (Å²) in [5.74, 6) is 0. The van der Waals surface area contributed by atoms with Crippen molar-refractivity contribution < 1.29 is 13.0 Å². The van der Waals surface area contributed by atoms with Crippen molar-refractivity contribution >= 4 is 10.1 Å². The molecule has 0 amide bonds. The maximum absolute atomic E-state index is 12.4. The van der Waals surface area contributed by atoms with E-state index in [1.54, 1.807) is 6.07 Å². The van der Waals surface area contributed by atoms with Gasteiger partial charge in [0.25, 0.3) is 10.1 Å². The van der Waals surface area contributed by atoms with Crippen LogP contribution in [0.2, 0.25) is 0 Å². The largest absolute Gasteiger partial charge is 0.294 e. The summed E-state index contributed by atoms with van der Waals surface area (Å²) >= 11 is 0. The van der Waals surface area contributed by atoms with Gasteiger partial charge in [0.2, 0.25) is 0 Å². The molecule has 0 bridgehead atoms. The molecule has 3 nitrogen and oxygen atoms in total. The molecule has 162 valence electrons. The van der Waals surface area contributed by atoms with Crippen LogP contribution < -0.4 is 0 Å². The van der Waals surface area contributed by atoms with Crippen molar-refractivity contribution in [2.24, 2.45) is 0 Å². The maximum Gasteiger partial charge on any atom is 0.294 e. The molecule has 0 unspecified atom stereocenters. The third kappa shape index (κ3) is 5.16. The smallest absolute Gasteiger partial charge is 0.282 e. The first kappa shape index (κ1) is 22.0. The minimum atomic E-state index is -4.39. The molecule has 4 heteroatoms. The van der Waals surface area contributed by atoms with Crippen LogP contribution >= 0.6 is 0 Å². The van der Waals surface area contributed by atoms with Crippen LogP contribution in [0.1, 0.15) is 22.3 Å². The highest BCUT2D eigenvalue weighted by Crippen LogP contribution is 2.39. The van der Waals surface area contributed by atoms with Crippen molar-refractivity contribution in [1.29, 1.82) is 0 Å². The predicted molar refractivity (Wildman–Crippen MR) is 128 cm³/mol. The van der Waals surface area contributed by atoms with E-state index in [4.69, 9.17) is 0 Å². The zero-order chi connectivity index (χ0) is 22.4. The lowest BCUT2D eigenvalue weighted by atomic mass is 9.68. The molecule has 0 fully saturated rings. The zero-order valence-corrected chi connectivity index (χ0v) is 18.6. The van der Waals surface area contributed by atoms with Gasteiger partial charge in [-0.15, -0.1) is 0 Å². The van der Waals surface area contributed by atoms with Gasteiger partial charge < -0.3 is 0 Å². The molecule has 0 aliphatic heterocycles. The second kappa shape index (κ2) is 9.51. The fraction of sp³-hybridized carbons (Fsp3) is 0.143. The molecular formula is C28H26O3S. The van der Waals surface area contributed by atoms with Crippen LogP contribution in [0.25, 0.3) is 0 Å². The van der Waals surface area contributed by atoms with Gasteiger partial charge in [-0.05, 0) is 47.6 Å². The second-order valence-electron chi connectivity index (χ2n) is 8.24. The van der Waals surface area contributed by atoms with Crippen molar-refractivity contribution in [2.75, 3.05) is 0 Å². The number of rotatable bonds is 8. The van der Waals surface area contributed by atoms with E-state index in [-0.39, 0.29) is 4.90 Å². The fourth-order valence-corrected chi connectivity index (χ4v) is 5.38. The molecule has 0 radical (unpaired) electrons. The maximum atomic E-state index is 12.4. The van der Waals surface area contributed by atoms with Crippen LogP contribution in [0.3, 0.4) is 0 Å². The van der Waals surface area contributed by atoms with Gasteiger partial charge >= 0.3 is 0 Å².